The molecule has 102 valence electrons. The van der Waals surface area contributed by atoms with Crippen LogP contribution in [0, 0.1) is 5.92 Å². The Hall–Kier alpha value is -1.62. The first kappa shape index (κ1) is 12.4. The number of nitrogens with one attached hydrogen (secondary N) is 1. The third-order valence-corrected chi connectivity index (χ3v) is 3.77. The fraction of sp³-hybridized carbons (Fsp3) is 0.571. The molecule has 2 aromatic heterocycles. The fourth-order valence-electron chi connectivity index (χ4n) is 2.70. The number of fused-ring (bicyclic) bond motifs is 1. The maximum Gasteiger partial charge on any atom is 0.245 e. The zero-order chi connectivity index (χ0) is 13.1. The SMILES string of the molecule is CCN(CC1CCCNC1)c1nc2ccccn2n1. The summed E-state index contributed by atoms with van der Waals surface area (Å²) < 4.78 is 1.84. The van der Waals surface area contributed by atoms with Crippen LogP contribution in [0.25, 0.3) is 5.65 Å². The van der Waals surface area contributed by atoms with Crippen molar-refractivity contribution in [3.63, 3.8) is 0 Å². The number of rotatable bonds is 4. The van der Waals surface area contributed by atoms with Crippen LogP contribution in [0.3, 0.4) is 0 Å². The second-order valence-corrected chi connectivity index (χ2v) is 5.17. The lowest BCUT2D eigenvalue weighted by Gasteiger charge is -2.28. The summed E-state index contributed by atoms with van der Waals surface area (Å²) in [7, 11) is 0. The molecule has 1 aliphatic rings. The maximum atomic E-state index is 4.61. The predicted molar refractivity (Wildman–Crippen MR) is 76.5 cm³/mol. The van der Waals surface area contributed by atoms with E-state index in [0.29, 0.717) is 5.92 Å². The molecule has 0 saturated carbocycles. The summed E-state index contributed by atoms with van der Waals surface area (Å²) in [5, 5.41) is 8.03. The van der Waals surface area contributed by atoms with Crippen molar-refractivity contribution in [2.24, 2.45) is 5.92 Å². The number of hydrogen-bond donors (Lipinski definition) is 1. The molecule has 0 amide bonds. The van der Waals surface area contributed by atoms with Gasteiger partial charge in [0.2, 0.25) is 5.95 Å². The second kappa shape index (κ2) is 5.57. The van der Waals surface area contributed by atoms with Gasteiger partial charge >= 0.3 is 0 Å². The van der Waals surface area contributed by atoms with Gasteiger partial charge in [-0.15, -0.1) is 5.10 Å². The molecule has 0 aliphatic carbocycles. The minimum Gasteiger partial charge on any atom is -0.339 e. The Morgan fingerprint density at radius 3 is 3.16 bits per heavy atom. The third-order valence-electron chi connectivity index (χ3n) is 3.77. The van der Waals surface area contributed by atoms with Crippen molar-refractivity contribution in [3.05, 3.63) is 24.4 Å². The quantitative estimate of drug-likeness (QED) is 0.905. The van der Waals surface area contributed by atoms with Crippen molar-refractivity contribution in [2.45, 2.75) is 19.8 Å². The molecule has 1 aliphatic heterocycles. The van der Waals surface area contributed by atoms with E-state index in [1.807, 2.05) is 28.9 Å². The van der Waals surface area contributed by atoms with Crippen LogP contribution in [0.5, 0.6) is 0 Å². The number of anilines is 1. The molecule has 1 unspecified atom stereocenters. The Morgan fingerprint density at radius 2 is 2.42 bits per heavy atom. The second-order valence-electron chi connectivity index (χ2n) is 5.17. The summed E-state index contributed by atoms with van der Waals surface area (Å²) in [5.41, 5.74) is 0.915. The van der Waals surface area contributed by atoms with Gasteiger partial charge in [-0.1, -0.05) is 6.07 Å². The van der Waals surface area contributed by atoms with Gasteiger partial charge in [0.1, 0.15) is 0 Å². The standard InChI is InChI=1S/C14H21N5/c1-2-18(11-12-6-5-8-15-10-12)14-16-13-7-3-4-9-19(13)17-14/h3-4,7,9,12,15H,2,5-6,8,10-11H2,1H3. The lowest BCUT2D eigenvalue weighted by Crippen LogP contribution is -2.38. The average molecular weight is 259 g/mol. The molecule has 5 nitrogen and oxygen atoms in total. The number of nitrogens with zero attached hydrogens (tertiary/aromatic N) is 4. The van der Waals surface area contributed by atoms with Crippen molar-refractivity contribution in [2.75, 3.05) is 31.1 Å². The summed E-state index contributed by atoms with van der Waals surface area (Å²) in [4.78, 5) is 6.89. The summed E-state index contributed by atoms with van der Waals surface area (Å²) in [6.07, 6.45) is 4.53. The number of hydrogen-bond acceptors (Lipinski definition) is 4. The van der Waals surface area contributed by atoms with Crippen LogP contribution in [0.15, 0.2) is 24.4 Å². The number of aromatic nitrogens is 3. The molecular weight excluding hydrogens is 238 g/mol. The molecule has 0 bridgehead atoms. The molecule has 1 N–H and O–H groups in total. The first-order valence-electron chi connectivity index (χ1n) is 7.14. The highest BCUT2D eigenvalue weighted by molar-refractivity contribution is 5.44. The van der Waals surface area contributed by atoms with Gasteiger partial charge in [-0.05, 0) is 50.9 Å². The molecule has 3 rings (SSSR count). The summed E-state index contributed by atoms with van der Waals surface area (Å²) in [5.74, 6) is 1.56. The Balaban J connectivity index is 1.76. The van der Waals surface area contributed by atoms with Crippen LogP contribution in [0.1, 0.15) is 19.8 Å². The van der Waals surface area contributed by atoms with E-state index >= 15 is 0 Å². The molecule has 2 aromatic rings. The number of piperidine rings is 1. The van der Waals surface area contributed by atoms with Gasteiger partial charge in [0.25, 0.3) is 0 Å². The highest BCUT2D eigenvalue weighted by Gasteiger charge is 2.18. The van der Waals surface area contributed by atoms with Crippen LogP contribution < -0.4 is 10.2 Å². The van der Waals surface area contributed by atoms with E-state index in [-0.39, 0.29) is 0 Å². The van der Waals surface area contributed by atoms with Gasteiger partial charge in [-0.3, -0.25) is 0 Å². The predicted octanol–water partition coefficient (Wildman–Crippen LogP) is 1.56. The maximum absolute atomic E-state index is 4.61. The van der Waals surface area contributed by atoms with Crippen molar-refractivity contribution in [1.82, 2.24) is 19.9 Å². The summed E-state index contributed by atoms with van der Waals surface area (Å²) in [6.45, 7) is 6.44. The molecule has 19 heavy (non-hydrogen) atoms. The van der Waals surface area contributed by atoms with E-state index in [2.05, 4.69) is 27.2 Å². The van der Waals surface area contributed by atoms with Gasteiger partial charge in [0, 0.05) is 19.3 Å². The minimum absolute atomic E-state index is 0.709. The van der Waals surface area contributed by atoms with Crippen molar-refractivity contribution < 1.29 is 0 Å². The third kappa shape index (κ3) is 2.71. The fourth-order valence-corrected chi connectivity index (χ4v) is 2.70. The Morgan fingerprint density at radius 1 is 1.47 bits per heavy atom. The minimum atomic E-state index is 0.709. The van der Waals surface area contributed by atoms with E-state index in [4.69, 9.17) is 0 Å². The van der Waals surface area contributed by atoms with Crippen LogP contribution >= 0.6 is 0 Å². The smallest absolute Gasteiger partial charge is 0.245 e. The zero-order valence-corrected chi connectivity index (χ0v) is 11.4. The molecule has 5 heteroatoms. The first-order chi connectivity index (χ1) is 9.36. The normalized spacial score (nSPS) is 19.7. The monoisotopic (exact) mass is 259 g/mol. The van der Waals surface area contributed by atoms with Gasteiger partial charge in [0.05, 0.1) is 0 Å². The van der Waals surface area contributed by atoms with E-state index in [9.17, 15) is 0 Å². The van der Waals surface area contributed by atoms with Gasteiger partial charge in [-0.25, -0.2) is 4.52 Å². The van der Waals surface area contributed by atoms with E-state index in [1.54, 1.807) is 0 Å². The van der Waals surface area contributed by atoms with Gasteiger partial charge in [0.15, 0.2) is 5.65 Å². The Labute approximate surface area is 113 Å². The molecule has 0 aromatic carbocycles. The van der Waals surface area contributed by atoms with Gasteiger partial charge < -0.3 is 10.2 Å². The van der Waals surface area contributed by atoms with Crippen molar-refractivity contribution in [1.29, 1.82) is 0 Å². The van der Waals surface area contributed by atoms with E-state index < -0.39 is 0 Å². The van der Waals surface area contributed by atoms with Gasteiger partial charge in [-0.2, -0.15) is 4.98 Å². The molecule has 3 heterocycles. The van der Waals surface area contributed by atoms with Crippen molar-refractivity contribution in [3.8, 4) is 0 Å². The highest BCUT2D eigenvalue weighted by Crippen LogP contribution is 2.16. The summed E-state index contributed by atoms with van der Waals surface area (Å²) in [6, 6.07) is 5.97. The zero-order valence-electron chi connectivity index (χ0n) is 11.4. The van der Waals surface area contributed by atoms with E-state index in [1.165, 1.54) is 12.8 Å². The topological polar surface area (TPSA) is 45.5 Å². The Bertz CT molecular complexity index is 496. The largest absolute Gasteiger partial charge is 0.339 e. The lowest BCUT2D eigenvalue weighted by molar-refractivity contribution is 0.376. The van der Waals surface area contributed by atoms with Crippen LogP contribution in [-0.4, -0.2) is 40.8 Å². The Kier molecular flexibility index (Phi) is 3.64. The van der Waals surface area contributed by atoms with Crippen LogP contribution in [-0.2, 0) is 0 Å². The molecule has 0 spiro atoms. The van der Waals surface area contributed by atoms with E-state index in [0.717, 1.165) is 37.8 Å². The number of pyridine rings is 1. The highest BCUT2D eigenvalue weighted by atomic mass is 15.4. The average Bonchev–Trinajstić information content (AvgIpc) is 2.89. The van der Waals surface area contributed by atoms with Crippen LogP contribution in [0.2, 0.25) is 0 Å². The summed E-state index contributed by atoms with van der Waals surface area (Å²) >= 11 is 0. The first-order valence-corrected chi connectivity index (χ1v) is 7.14. The molecule has 1 atom stereocenters. The molecule has 0 radical (unpaired) electrons. The van der Waals surface area contributed by atoms with Crippen LogP contribution in [0.4, 0.5) is 5.95 Å². The van der Waals surface area contributed by atoms with Crippen molar-refractivity contribution >= 4 is 11.6 Å². The molecule has 1 fully saturated rings. The molecule has 1 saturated heterocycles. The molecular formula is C14H21N5. The lowest BCUT2D eigenvalue weighted by atomic mass is 9.99.